The fourth-order valence-electron chi connectivity index (χ4n) is 3.75. The van der Waals surface area contributed by atoms with Crippen LogP contribution < -0.4 is 0 Å². The van der Waals surface area contributed by atoms with Gasteiger partial charge in [-0.1, -0.05) is 23.8 Å². The van der Waals surface area contributed by atoms with Crippen molar-refractivity contribution in [2.75, 3.05) is 26.3 Å². The van der Waals surface area contributed by atoms with Crippen LogP contribution in [-0.4, -0.2) is 48.2 Å². The van der Waals surface area contributed by atoms with Crippen LogP contribution >= 0.6 is 0 Å². The van der Waals surface area contributed by atoms with Crippen molar-refractivity contribution in [2.24, 2.45) is 11.3 Å². The van der Waals surface area contributed by atoms with E-state index in [2.05, 4.69) is 0 Å². The van der Waals surface area contributed by atoms with Crippen LogP contribution in [0.3, 0.4) is 0 Å². The first-order valence-electron chi connectivity index (χ1n) is 8.07. The summed E-state index contributed by atoms with van der Waals surface area (Å²) in [6, 6.07) is 6.09. The molecule has 0 aromatic heterocycles. The van der Waals surface area contributed by atoms with Crippen LogP contribution in [0.1, 0.15) is 23.1 Å². The standard InChI is InChI=1S/C18H23NO4/c1-12-3-4-13(2)14(7-12)8-16(20)19-9-15-10-23-6-5-18(15,11-19)17(21)22/h3-4,7,15H,5-6,8-11H2,1-2H3,(H,21,22)/t15-,18+/m0/s1. The van der Waals surface area contributed by atoms with Gasteiger partial charge in [0.2, 0.25) is 5.91 Å². The topological polar surface area (TPSA) is 66.8 Å². The van der Waals surface area contributed by atoms with Gasteiger partial charge in [0.25, 0.3) is 0 Å². The van der Waals surface area contributed by atoms with Gasteiger partial charge >= 0.3 is 5.97 Å². The number of aryl methyl sites for hydroxylation is 2. The van der Waals surface area contributed by atoms with Gasteiger partial charge in [-0.3, -0.25) is 9.59 Å². The monoisotopic (exact) mass is 317 g/mol. The number of carboxylic acids is 1. The number of aliphatic carboxylic acids is 1. The summed E-state index contributed by atoms with van der Waals surface area (Å²) in [6.07, 6.45) is 0.817. The predicted molar refractivity (Wildman–Crippen MR) is 85.2 cm³/mol. The Balaban J connectivity index is 1.76. The molecule has 5 heteroatoms. The summed E-state index contributed by atoms with van der Waals surface area (Å²) in [5.41, 5.74) is 2.42. The van der Waals surface area contributed by atoms with Gasteiger partial charge in [0.05, 0.1) is 18.4 Å². The van der Waals surface area contributed by atoms with Crippen LogP contribution in [0.15, 0.2) is 18.2 Å². The van der Waals surface area contributed by atoms with E-state index in [-0.39, 0.29) is 11.8 Å². The van der Waals surface area contributed by atoms with Gasteiger partial charge in [-0.15, -0.1) is 0 Å². The van der Waals surface area contributed by atoms with Crippen LogP contribution in [0.25, 0.3) is 0 Å². The van der Waals surface area contributed by atoms with Crippen molar-refractivity contribution in [3.05, 3.63) is 34.9 Å². The van der Waals surface area contributed by atoms with Crippen molar-refractivity contribution in [3.8, 4) is 0 Å². The summed E-state index contributed by atoms with van der Waals surface area (Å²) in [6.45, 7) is 5.68. The third kappa shape index (κ3) is 2.85. The quantitative estimate of drug-likeness (QED) is 0.923. The van der Waals surface area contributed by atoms with Crippen molar-refractivity contribution in [1.82, 2.24) is 4.90 Å². The molecule has 1 aromatic carbocycles. The molecule has 0 radical (unpaired) electrons. The molecule has 0 saturated carbocycles. The fraction of sp³-hybridized carbons (Fsp3) is 0.556. The number of fused-ring (bicyclic) bond motifs is 1. The number of hydrogen-bond donors (Lipinski definition) is 1. The van der Waals surface area contributed by atoms with E-state index in [4.69, 9.17) is 4.74 Å². The number of carbonyl (C=O) groups excluding carboxylic acids is 1. The van der Waals surface area contributed by atoms with E-state index in [1.54, 1.807) is 4.90 Å². The molecule has 0 spiro atoms. The van der Waals surface area contributed by atoms with Crippen LogP contribution in [0.4, 0.5) is 0 Å². The smallest absolute Gasteiger partial charge is 0.311 e. The molecule has 0 unspecified atom stereocenters. The van der Waals surface area contributed by atoms with E-state index >= 15 is 0 Å². The Kier molecular flexibility index (Phi) is 4.15. The minimum atomic E-state index is -0.824. The Labute approximate surface area is 136 Å². The zero-order valence-corrected chi connectivity index (χ0v) is 13.7. The summed E-state index contributed by atoms with van der Waals surface area (Å²) in [5.74, 6) is -0.891. The highest BCUT2D eigenvalue weighted by molar-refractivity contribution is 5.82. The van der Waals surface area contributed by atoms with Gasteiger partial charge in [-0.25, -0.2) is 0 Å². The molecule has 1 aromatic rings. The number of rotatable bonds is 3. The highest BCUT2D eigenvalue weighted by atomic mass is 16.5. The molecule has 2 saturated heterocycles. The molecule has 2 atom stereocenters. The molecule has 1 amide bonds. The molecule has 23 heavy (non-hydrogen) atoms. The van der Waals surface area contributed by atoms with Crippen LogP contribution in [0, 0.1) is 25.2 Å². The highest BCUT2D eigenvalue weighted by Gasteiger charge is 2.54. The number of amides is 1. The normalized spacial score (nSPS) is 26.9. The maximum Gasteiger partial charge on any atom is 0.311 e. The summed E-state index contributed by atoms with van der Waals surface area (Å²) in [5, 5.41) is 9.68. The SMILES string of the molecule is Cc1ccc(C)c(CC(=O)N2C[C@H]3COCC[C@@]3(C(=O)O)C2)c1. The lowest BCUT2D eigenvalue weighted by Crippen LogP contribution is -2.45. The van der Waals surface area contributed by atoms with E-state index in [1.807, 2.05) is 32.0 Å². The van der Waals surface area contributed by atoms with E-state index in [9.17, 15) is 14.7 Å². The van der Waals surface area contributed by atoms with Gasteiger partial charge in [0.1, 0.15) is 0 Å². The lowest BCUT2D eigenvalue weighted by Gasteiger charge is -2.33. The van der Waals surface area contributed by atoms with Gasteiger partial charge in [-0.2, -0.15) is 0 Å². The highest BCUT2D eigenvalue weighted by Crippen LogP contribution is 2.42. The molecule has 124 valence electrons. The number of ether oxygens (including phenoxy) is 1. The third-order valence-corrected chi connectivity index (χ3v) is 5.33. The van der Waals surface area contributed by atoms with Crippen molar-refractivity contribution >= 4 is 11.9 Å². The van der Waals surface area contributed by atoms with Crippen LogP contribution in [-0.2, 0) is 20.7 Å². The Morgan fingerprint density at radius 3 is 2.87 bits per heavy atom. The predicted octanol–water partition coefficient (Wildman–Crippen LogP) is 1.80. The zero-order chi connectivity index (χ0) is 16.6. The number of carbonyl (C=O) groups is 2. The molecular weight excluding hydrogens is 294 g/mol. The first-order valence-corrected chi connectivity index (χ1v) is 8.07. The Morgan fingerprint density at radius 2 is 2.17 bits per heavy atom. The summed E-state index contributed by atoms with van der Waals surface area (Å²) in [4.78, 5) is 26.2. The minimum absolute atomic E-state index is 0.00808. The maximum absolute atomic E-state index is 12.7. The van der Waals surface area contributed by atoms with E-state index in [0.29, 0.717) is 39.1 Å². The first kappa shape index (κ1) is 16.0. The van der Waals surface area contributed by atoms with Gasteiger partial charge in [-0.05, 0) is 31.4 Å². The minimum Gasteiger partial charge on any atom is -0.481 e. The van der Waals surface area contributed by atoms with E-state index in [0.717, 1.165) is 16.7 Å². The van der Waals surface area contributed by atoms with Gasteiger partial charge < -0.3 is 14.7 Å². The molecule has 2 aliphatic heterocycles. The van der Waals surface area contributed by atoms with E-state index < -0.39 is 11.4 Å². The zero-order valence-electron chi connectivity index (χ0n) is 13.7. The number of likely N-dealkylation sites (tertiary alicyclic amines) is 1. The summed E-state index contributed by atoms with van der Waals surface area (Å²) in [7, 11) is 0. The number of hydrogen-bond acceptors (Lipinski definition) is 3. The van der Waals surface area contributed by atoms with Crippen molar-refractivity contribution in [3.63, 3.8) is 0 Å². The van der Waals surface area contributed by atoms with E-state index in [1.165, 1.54) is 0 Å². The Hall–Kier alpha value is -1.88. The number of carboxylic acid groups (broad SMARTS) is 1. The molecule has 2 fully saturated rings. The second-order valence-corrected chi connectivity index (χ2v) is 6.86. The molecular formula is C18H23NO4. The second kappa shape index (κ2) is 5.96. The Morgan fingerprint density at radius 1 is 1.39 bits per heavy atom. The largest absolute Gasteiger partial charge is 0.481 e. The first-order chi connectivity index (χ1) is 10.9. The van der Waals surface area contributed by atoms with Crippen LogP contribution in [0.5, 0.6) is 0 Å². The Bertz CT molecular complexity index is 642. The molecule has 2 heterocycles. The van der Waals surface area contributed by atoms with Crippen molar-refractivity contribution in [2.45, 2.75) is 26.7 Å². The van der Waals surface area contributed by atoms with Crippen molar-refractivity contribution in [1.29, 1.82) is 0 Å². The van der Waals surface area contributed by atoms with Crippen LogP contribution in [0.2, 0.25) is 0 Å². The fourth-order valence-corrected chi connectivity index (χ4v) is 3.75. The average Bonchev–Trinajstić information content (AvgIpc) is 2.92. The lowest BCUT2D eigenvalue weighted by atomic mass is 9.74. The molecule has 1 N–H and O–H groups in total. The summed E-state index contributed by atoms with van der Waals surface area (Å²) < 4.78 is 5.44. The molecule has 3 rings (SSSR count). The van der Waals surface area contributed by atoms with Gasteiger partial charge in [0, 0.05) is 25.6 Å². The number of nitrogens with zero attached hydrogens (tertiary/aromatic N) is 1. The maximum atomic E-state index is 12.7. The number of benzene rings is 1. The third-order valence-electron chi connectivity index (χ3n) is 5.33. The molecule has 5 nitrogen and oxygen atoms in total. The van der Waals surface area contributed by atoms with Gasteiger partial charge in [0.15, 0.2) is 0 Å². The average molecular weight is 317 g/mol. The van der Waals surface area contributed by atoms with Crippen molar-refractivity contribution < 1.29 is 19.4 Å². The molecule has 2 aliphatic rings. The molecule has 0 aliphatic carbocycles. The summed E-state index contributed by atoms with van der Waals surface area (Å²) >= 11 is 0. The lowest BCUT2D eigenvalue weighted by molar-refractivity contribution is -0.157. The molecule has 0 bridgehead atoms. The second-order valence-electron chi connectivity index (χ2n) is 6.86.